The second-order valence-corrected chi connectivity index (χ2v) is 3.51. The molecule has 14 heavy (non-hydrogen) atoms. The van der Waals surface area contributed by atoms with Gasteiger partial charge >= 0.3 is 6.18 Å². The van der Waals surface area contributed by atoms with Crippen molar-refractivity contribution in [3.8, 4) is 0 Å². The molecule has 0 radical (unpaired) electrons. The summed E-state index contributed by atoms with van der Waals surface area (Å²) in [6.07, 6.45) is -2.80. The second-order valence-electron chi connectivity index (χ2n) is 3.51. The molecule has 1 fully saturated rings. The molecule has 76 valence electrons. The summed E-state index contributed by atoms with van der Waals surface area (Å²) < 4.78 is 49.9. The van der Waals surface area contributed by atoms with E-state index in [0.29, 0.717) is 0 Å². The highest BCUT2D eigenvalue weighted by molar-refractivity contribution is 5.32. The Bertz CT molecular complexity index is 350. The molecule has 0 unspecified atom stereocenters. The summed E-state index contributed by atoms with van der Waals surface area (Å²) in [6, 6.07) is 2.60. The zero-order chi connectivity index (χ0) is 10.3. The van der Waals surface area contributed by atoms with Gasteiger partial charge in [-0.3, -0.25) is 0 Å². The zero-order valence-electron chi connectivity index (χ0n) is 7.24. The first-order valence-electron chi connectivity index (χ1n) is 4.35. The number of alkyl halides is 3. The molecular formula is C10H8F4. The minimum Gasteiger partial charge on any atom is -0.207 e. The molecule has 0 heterocycles. The van der Waals surface area contributed by atoms with Crippen molar-refractivity contribution in [2.24, 2.45) is 0 Å². The van der Waals surface area contributed by atoms with Crippen LogP contribution in [0.15, 0.2) is 18.2 Å². The molecular weight excluding hydrogens is 196 g/mol. The van der Waals surface area contributed by atoms with E-state index in [1.807, 2.05) is 0 Å². The fraction of sp³-hybridized carbons (Fsp3) is 0.400. The van der Waals surface area contributed by atoms with Crippen LogP contribution in [0.3, 0.4) is 0 Å². The largest absolute Gasteiger partial charge is 0.416 e. The first-order valence-corrected chi connectivity index (χ1v) is 4.35. The van der Waals surface area contributed by atoms with Crippen molar-refractivity contribution in [1.29, 1.82) is 0 Å². The maximum absolute atomic E-state index is 13.1. The molecule has 0 saturated heterocycles. The lowest BCUT2D eigenvalue weighted by atomic mass is 10.1. The molecule has 1 aromatic rings. The summed E-state index contributed by atoms with van der Waals surface area (Å²) in [5.74, 6) is -0.530. The summed E-state index contributed by atoms with van der Waals surface area (Å²) in [4.78, 5) is 0. The van der Waals surface area contributed by atoms with Crippen molar-refractivity contribution in [2.45, 2.75) is 24.9 Å². The Kier molecular flexibility index (Phi) is 2.01. The van der Waals surface area contributed by atoms with E-state index < -0.39 is 17.6 Å². The molecule has 4 heteroatoms. The molecule has 0 amide bonds. The van der Waals surface area contributed by atoms with E-state index in [2.05, 4.69) is 0 Å². The molecule has 0 aromatic heterocycles. The Balaban J connectivity index is 2.40. The SMILES string of the molecule is Fc1ccc(C(F)(F)F)cc1C1CC1. The minimum atomic E-state index is -4.38. The third kappa shape index (κ3) is 1.74. The van der Waals surface area contributed by atoms with Crippen LogP contribution in [0.2, 0.25) is 0 Å². The van der Waals surface area contributed by atoms with E-state index in [0.717, 1.165) is 31.0 Å². The van der Waals surface area contributed by atoms with Crippen LogP contribution in [0, 0.1) is 5.82 Å². The monoisotopic (exact) mass is 204 g/mol. The third-order valence-corrected chi connectivity index (χ3v) is 2.34. The first kappa shape index (κ1) is 9.49. The fourth-order valence-electron chi connectivity index (χ4n) is 1.43. The topological polar surface area (TPSA) is 0 Å². The van der Waals surface area contributed by atoms with Gasteiger partial charge in [-0.15, -0.1) is 0 Å². The predicted molar refractivity (Wildman–Crippen MR) is 43.4 cm³/mol. The standard InChI is InChI=1S/C10H8F4/c11-9-4-3-7(10(12,13)14)5-8(9)6-1-2-6/h3-6H,1-2H2. The highest BCUT2D eigenvalue weighted by atomic mass is 19.4. The van der Waals surface area contributed by atoms with Gasteiger partial charge in [0.05, 0.1) is 5.56 Å². The lowest BCUT2D eigenvalue weighted by Crippen LogP contribution is -2.06. The van der Waals surface area contributed by atoms with Crippen LogP contribution in [0.5, 0.6) is 0 Å². The van der Waals surface area contributed by atoms with Crippen molar-refractivity contribution >= 4 is 0 Å². The summed E-state index contributed by atoms with van der Waals surface area (Å²) in [5, 5.41) is 0. The van der Waals surface area contributed by atoms with Crippen LogP contribution in [0.1, 0.15) is 29.9 Å². The Hall–Kier alpha value is -1.06. The van der Waals surface area contributed by atoms with Crippen LogP contribution >= 0.6 is 0 Å². The van der Waals surface area contributed by atoms with Gasteiger partial charge in [-0.2, -0.15) is 13.2 Å². The summed E-state index contributed by atoms with van der Waals surface area (Å²) >= 11 is 0. The number of halogens is 4. The number of benzene rings is 1. The summed E-state index contributed by atoms with van der Waals surface area (Å²) in [5.41, 5.74) is -0.555. The molecule has 1 aliphatic rings. The Morgan fingerprint density at radius 1 is 1.14 bits per heavy atom. The van der Waals surface area contributed by atoms with Crippen LogP contribution in [0.25, 0.3) is 0 Å². The van der Waals surface area contributed by atoms with E-state index >= 15 is 0 Å². The smallest absolute Gasteiger partial charge is 0.207 e. The highest BCUT2D eigenvalue weighted by Gasteiger charge is 2.33. The normalized spacial score (nSPS) is 17.1. The van der Waals surface area contributed by atoms with Crippen LogP contribution in [-0.4, -0.2) is 0 Å². The van der Waals surface area contributed by atoms with Crippen molar-refractivity contribution < 1.29 is 17.6 Å². The van der Waals surface area contributed by atoms with Gasteiger partial charge in [0, 0.05) is 0 Å². The lowest BCUT2D eigenvalue weighted by molar-refractivity contribution is -0.137. The van der Waals surface area contributed by atoms with Crippen LogP contribution in [0.4, 0.5) is 17.6 Å². The third-order valence-electron chi connectivity index (χ3n) is 2.34. The van der Waals surface area contributed by atoms with Gasteiger partial charge < -0.3 is 0 Å². The molecule has 1 aliphatic carbocycles. The van der Waals surface area contributed by atoms with Gasteiger partial charge in [0.15, 0.2) is 0 Å². The van der Waals surface area contributed by atoms with E-state index in [9.17, 15) is 17.6 Å². The van der Waals surface area contributed by atoms with E-state index in [4.69, 9.17) is 0 Å². The molecule has 1 aromatic carbocycles. The van der Waals surface area contributed by atoms with Crippen molar-refractivity contribution in [1.82, 2.24) is 0 Å². The van der Waals surface area contributed by atoms with Crippen LogP contribution in [-0.2, 0) is 6.18 Å². The van der Waals surface area contributed by atoms with Gasteiger partial charge in [0.2, 0.25) is 0 Å². The molecule has 0 spiro atoms. The molecule has 0 nitrogen and oxygen atoms in total. The van der Waals surface area contributed by atoms with Crippen molar-refractivity contribution in [3.05, 3.63) is 35.1 Å². The van der Waals surface area contributed by atoms with Crippen molar-refractivity contribution in [3.63, 3.8) is 0 Å². The highest BCUT2D eigenvalue weighted by Crippen LogP contribution is 2.43. The number of rotatable bonds is 1. The van der Waals surface area contributed by atoms with Gasteiger partial charge in [-0.1, -0.05) is 0 Å². The maximum Gasteiger partial charge on any atom is 0.416 e. The molecule has 0 N–H and O–H groups in total. The van der Waals surface area contributed by atoms with Gasteiger partial charge in [0.25, 0.3) is 0 Å². The zero-order valence-corrected chi connectivity index (χ0v) is 7.24. The minimum absolute atomic E-state index is 0.00250. The molecule has 2 rings (SSSR count). The lowest BCUT2D eigenvalue weighted by Gasteiger charge is -2.08. The molecule has 0 atom stereocenters. The van der Waals surface area contributed by atoms with E-state index in [-0.39, 0.29) is 11.5 Å². The Labute approximate surface area is 78.5 Å². The number of hydrogen-bond donors (Lipinski definition) is 0. The first-order chi connectivity index (χ1) is 6.48. The second kappa shape index (κ2) is 2.97. The summed E-state index contributed by atoms with van der Waals surface area (Å²) in [6.45, 7) is 0. The average molecular weight is 204 g/mol. The van der Waals surface area contributed by atoms with Gasteiger partial charge in [-0.05, 0) is 42.5 Å². The molecule has 0 aliphatic heterocycles. The van der Waals surface area contributed by atoms with Gasteiger partial charge in [0.1, 0.15) is 5.82 Å². The van der Waals surface area contributed by atoms with E-state index in [1.165, 1.54) is 0 Å². The Morgan fingerprint density at radius 2 is 1.79 bits per heavy atom. The predicted octanol–water partition coefficient (Wildman–Crippen LogP) is 3.72. The van der Waals surface area contributed by atoms with Crippen LogP contribution < -0.4 is 0 Å². The Morgan fingerprint density at radius 3 is 2.29 bits per heavy atom. The summed E-state index contributed by atoms with van der Waals surface area (Å²) in [7, 11) is 0. The molecule has 0 bridgehead atoms. The quantitative estimate of drug-likeness (QED) is 0.611. The van der Waals surface area contributed by atoms with Crippen molar-refractivity contribution in [2.75, 3.05) is 0 Å². The number of hydrogen-bond acceptors (Lipinski definition) is 0. The fourth-order valence-corrected chi connectivity index (χ4v) is 1.43. The maximum atomic E-state index is 13.1. The average Bonchev–Trinajstić information content (AvgIpc) is 2.85. The molecule has 1 saturated carbocycles. The van der Waals surface area contributed by atoms with E-state index in [1.54, 1.807) is 0 Å². The van der Waals surface area contributed by atoms with Gasteiger partial charge in [-0.25, -0.2) is 4.39 Å².